The molecule has 0 saturated heterocycles. The van der Waals surface area contributed by atoms with E-state index in [1.165, 1.54) is 36.4 Å². The van der Waals surface area contributed by atoms with Gasteiger partial charge in [0.25, 0.3) is 5.60 Å². The molecule has 0 spiro atoms. The average Bonchev–Trinajstić information content (AvgIpc) is 3.38. The molecule has 0 radical (unpaired) electrons. The van der Waals surface area contributed by atoms with Gasteiger partial charge in [-0.25, -0.2) is 23.4 Å². The molecule has 0 aliphatic rings. The largest absolute Gasteiger partial charge is 0.504 e. The molecule has 2 aromatic carbocycles. The summed E-state index contributed by atoms with van der Waals surface area (Å²) in [5, 5.41) is 40.2. The van der Waals surface area contributed by atoms with Crippen LogP contribution < -0.4 is 5.73 Å². The number of rotatable bonds is 12. The second-order valence-corrected chi connectivity index (χ2v) is 9.44. The fourth-order valence-electron chi connectivity index (χ4n) is 4.22. The Morgan fingerprint density at radius 1 is 1.14 bits per heavy atom. The number of anilines is 1. The Bertz CT molecular complexity index is 1610. The number of imidazole rings is 1. The van der Waals surface area contributed by atoms with E-state index in [-0.39, 0.29) is 33.4 Å². The Morgan fingerprint density at radius 3 is 2.43 bits per heavy atom. The fourth-order valence-corrected chi connectivity index (χ4v) is 4.39. The molecule has 0 aliphatic carbocycles. The van der Waals surface area contributed by atoms with Crippen molar-refractivity contribution in [3.05, 3.63) is 65.5 Å². The summed E-state index contributed by atoms with van der Waals surface area (Å²) in [6.07, 6.45) is -5.59. The first-order valence-corrected chi connectivity index (χ1v) is 12.5. The molecule has 3 atom stereocenters. The number of hydrogen-bond acceptors (Lipinski definition) is 10. The molecule has 222 valence electrons. The second kappa shape index (κ2) is 12.2. The number of para-hydroxylation sites is 1. The number of phenols is 1. The van der Waals surface area contributed by atoms with Crippen LogP contribution in [0.15, 0.2) is 48.8 Å². The fraction of sp³-hybridized carbons (Fsp3) is 0.269. The number of aliphatic hydroxyl groups excluding tert-OH is 1. The molecule has 0 fully saturated rings. The van der Waals surface area contributed by atoms with Crippen molar-refractivity contribution in [3.8, 4) is 16.9 Å². The van der Waals surface area contributed by atoms with Gasteiger partial charge in [0.2, 0.25) is 11.6 Å². The monoisotopic (exact) mass is 607 g/mol. The number of nitrogens with zero attached hydrogens (tertiary/aromatic N) is 4. The molecule has 4 rings (SSSR count). The summed E-state index contributed by atoms with van der Waals surface area (Å²) in [4.78, 5) is 35.9. The highest BCUT2D eigenvalue weighted by Crippen LogP contribution is 2.32. The van der Waals surface area contributed by atoms with Crippen LogP contribution in [0.5, 0.6) is 5.75 Å². The number of benzene rings is 2. The number of aliphatic carboxylic acids is 2. The molecule has 13 nitrogen and oxygen atoms in total. The molecule has 4 aromatic rings. The van der Waals surface area contributed by atoms with Crippen molar-refractivity contribution in [3.63, 3.8) is 0 Å². The number of nitrogens with two attached hydrogens (primary N) is 1. The number of ether oxygens (including phenoxy) is 2. The van der Waals surface area contributed by atoms with Crippen molar-refractivity contribution >= 4 is 40.5 Å². The molecule has 0 aliphatic heterocycles. The Kier molecular flexibility index (Phi) is 8.86. The lowest BCUT2D eigenvalue weighted by molar-refractivity contribution is -0.192. The zero-order valence-corrected chi connectivity index (χ0v) is 22.4. The highest BCUT2D eigenvalue weighted by Gasteiger charge is 2.49. The first kappa shape index (κ1) is 30.5. The molecule has 16 heteroatoms. The Labute approximate surface area is 240 Å². The number of carboxylic acids is 2. The van der Waals surface area contributed by atoms with Gasteiger partial charge in [0.1, 0.15) is 17.7 Å². The summed E-state index contributed by atoms with van der Waals surface area (Å²) < 4.78 is 40.4. The number of phenolic OH excluding ortho intramolecular Hbond substituents is 1. The quantitative estimate of drug-likeness (QED) is 0.116. The third kappa shape index (κ3) is 5.80. The number of carboxylic acid groups (broad SMARTS) is 2. The number of fused-ring (bicyclic) bond motifs is 1. The Hall–Kier alpha value is -4.44. The van der Waals surface area contributed by atoms with Crippen molar-refractivity contribution in [1.29, 1.82) is 0 Å². The maximum atomic E-state index is 15.4. The molecule has 0 saturated carbocycles. The molecule has 2 heterocycles. The topological polar surface area (TPSA) is 203 Å². The first-order chi connectivity index (χ1) is 19.9. The Morgan fingerprint density at radius 2 is 1.81 bits per heavy atom. The van der Waals surface area contributed by atoms with Crippen molar-refractivity contribution in [2.75, 3.05) is 19.5 Å². The van der Waals surface area contributed by atoms with Gasteiger partial charge in [0, 0.05) is 19.1 Å². The number of nitrogen functional groups attached to an aromatic ring is 1. The summed E-state index contributed by atoms with van der Waals surface area (Å²) in [6, 6.07) is 9.57. The van der Waals surface area contributed by atoms with Crippen molar-refractivity contribution in [1.82, 2.24) is 19.5 Å². The van der Waals surface area contributed by atoms with Crippen LogP contribution in [0.25, 0.3) is 22.3 Å². The van der Waals surface area contributed by atoms with Crippen LogP contribution in [0.3, 0.4) is 0 Å². The highest BCUT2D eigenvalue weighted by atomic mass is 35.5. The van der Waals surface area contributed by atoms with Gasteiger partial charge in [0.05, 0.1) is 12.9 Å². The van der Waals surface area contributed by atoms with Crippen LogP contribution in [0.2, 0.25) is 5.28 Å². The predicted octanol–water partition coefficient (Wildman–Crippen LogP) is 2.58. The van der Waals surface area contributed by atoms with Gasteiger partial charge in [-0.15, -0.1) is 0 Å². The van der Waals surface area contributed by atoms with Crippen LogP contribution in [-0.2, 0) is 25.5 Å². The zero-order valence-electron chi connectivity index (χ0n) is 21.7. The van der Waals surface area contributed by atoms with Crippen LogP contribution in [-0.4, -0.2) is 83.4 Å². The van der Waals surface area contributed by atoms with Crippen LogP contribution >= 0.6 is 11.6 Å². The molecular weight excluding hydrogens is 584 g/mol. The number of halogens is 3. The Balaban J connectivity index is 1.55. The number of carbonyl (C=O) groups is 2. The third-order valence-electron chi connectivity index (χ3n) is 6.54. The second-order valence-electron chi connectivity index (χ2n) is 9.10. The van der Waals surface area contributed by atoms with E-state index in [4.69, 9.17) is 26.8 Å². The maximum absolute atomic E-state index is 15.4. The molecule has 42 heavy (non-hydrogen) atoms. The van der Waals surface area contributed by atoms with Gasteiger partial charge in [-0.05, 0) is 28.8 Å². The molecule has 0 amide bonds. The summed E-state index contributed by atoms with van der Waals surface area (Å²) >= 11 is 5.80. The maximum Gasteiger partial charge on any atom is 0.348 e. The van der Waals surface area contributed by atoms with Gasteiger partial charge in [0.15, 0.2) is 23.0 Å². The zero-order chi connectivity index (χ0) is 30.8. The molecule has 0 bridgehead atoms. The highest BCUT2D eigenvalue weighted by molar-refractivity contribution is 6.28. The number of aliphatic hydroxyl groups is 1. The van der Waals surface area contributed by atoms with Crippen LogP contribution in [0.1, 0.15) is 11.9 Å². The van der Waals surface area contributed by atoms with E-state index in [2.05, 4.69) is 15.0 Å². The lowest BCUT2D eigenvalue weighted by Crippen LogP contribution is -2.53. The van der Waals surface area contributed by atoms with E-state index in [1.807, 2.05) is 0 Å². The average molecular weight is 608 g/mol. The van der Waals surface area contributed by atoms with Crippen molar-refractivity contribution < 1.29 is 48.3 Å². The van der Waals surface area contributed by atoms with Crippen molar-refractivity contribution in [2.45, 2.75) is 30.5 Å². The van der Waals surface area contributed by atoms with Gasteiger partial charge < -0.3 is 35.6 Å². The van der Waals surface area contributed by atoms with Gasteiger partial charge in [-0.1, -0.05) is 36.4 Å². The van der Waals surface area contributed by atoms with E-state index in [9.17, 15) is 34.4 Å². The van der Waals surface area contributed by atoms with E-state index >= 15 is 4.39 Å². The van der Waals surface area contributed by atoms with E-state index < -0.39 is 60.6 Å². The third-order valence-corrected chi connectivity index (χ3v) is 6.71. The van der Waals surface area contributed by atoms with E-state index in [1.54, 1.807) is 0 Å². The smallest absolute Gasteiger partial charge is 0.348 e. The molecule has 6 N–H and O–H groups in total. The van der Waals surface area contributed by atoms with Gasteiger partial charge >= 0.3 is 11.9 Å². The lowest BCUT2D eigenvalue weighted by Gasteiger charge is -2.30. The number of alkyl halides is 1. The normalized spacial score (nSPS) is 14.0. The molecule has 0 unspecified atom stereocenters. The minimum atomic E-state index is -2.87. The van der Waals surface area contributed by atoms with Crippen molar-refractivity contribution in [2.24, 2.45) is 0 Å². The van der Waals surface area contributed by atoms with Crippen LogP contribution in [0.4, 0.5) is 14.6 Å². The minimum Gasteiger partial charge on any atom is -0.504 e. The summed E-state index contributed by atoms with van der Waals surface area (Å²) in [5.74, 6) is -5.30. The summed E-state index contributed by atoms with van der Waals surface area (Å²) in [7, 11) is 1.08. The van der Waals surface area contributed by atoms with E-state index in [0.29, 0.717) is 5.56 Å². The standard InChI is InChI=1S/C26H24ClF2N5O8/c1-41-16(19(36)20(29)34-11-31-17-21(30)32-25(27)33-22(17)34)10-42-26(23(37)38,24(39)40)9-12-5-7-13(8-6-12)14-3-2-4-15(28)18(14)35/h2-8,11,16,19-20,35-36H,9-10H2,1H3,(H,37,38)(H,39,40)(H2,30,32,33)/t16-,19-,20-/m1/s1. The lowest BCUT2D eigenvalue weighted by atomic mass is 9.92. The first-order valence-electron chi connectivity index (χ1n) is 12.1. The van der Waals surface area contributed by atoms with E-state index in [0.717, 1.165) is 24.1 Å². The summed E-state index contributed by atoms with van der Waals surface area (Å²) in [5.41, 5.74) is 3.45. The molecule has 2 aromatic heterocycles. The van der Waals surface area contributed by atoms with Crippen LogP contribution in [0, 0.1) is 5.82 Å². The van der Waals surface area contributed by atoms with Gasteiger partial charge in [-0.2, -0.15) is 9.97 Å². The predicted molar refractivity (Wildman–Crippen MR) is 143 cm³/mol. The number of methoxy groups -OCH3 is 1. The SMILES string of the molecule is CO[C@H](COC(Cc1ccc(-c2cccc(F)c2O)cc1)(C(=O)O)C(=O)O)[C@@H](O)[C@H](F)n1cnc2c(N)nc(Cl)nc21. The number of aromatic hydroxyl groups is 1. The minimum absolute atomic E-state index is 0.00821. The van der Waals surface area contributed by atoms with Gasteiger partial charge in [-0.3, -0.25) is 4.57 Å². The number of hydrogen-bond donors (Lipinski definition) is 5. The molecular formula is C26H24ClF2N5O8. The number of aromatic nitrogens is 4. The summed E-state index contributed by atoms with van der Waals surface area (Å²) in [6.45, 7) is -0.865.